The zero-order chi connectivity index (χ0) is 10.5. The third-order valence-corrected chi connectivity index (χ3v) is 2.81. The second kappa shape index (κ2) is 5.63. The lowest BCUT2D eigenvalue weighted by molar-refractivity contribution is -0.148. The number of ether oxygens (including phenoxy) is 1. The van der Waals surface area contributed by atoms with Crippen molar-refractivity contribution in [2.24, 2.45) is 5.92 Å². The Morgan fingerprint density at radius 3 is 2.46 bits per heavy atom. The molecule has 0 spiro atoms. The minimum atomic E-state index is -0.184. The van der Waals surface area contributed by atoms with Crippen LogP contribution in [0.2, 0.25) is 0 Å². The molecular formula is C10H19BrO2. The first-order valence-corrected chi connectivity index (χ1v) is 5.54. The third-order valence-electron chi connectivity index (χ3n) is 2.13. The van der Waals surface area contributed by atoms with E-state index in [9.17, 15) is 4.79 Å². The van der Waals surface area contributed by atoms with Crippen LogP contribution in [-0.4, -0.2) is 16.9 Å². The van der Waals surface area contributed by atoms with Gasteiger partial charge in [-0.05, 0) is 20.3 Å². The number of unbranched alkanes of at least 4 members (excludes halogenated alkanes) is 1. The fourth-order valence-corrected chi connectivity index (χ4v) is 0.909. The molecule has 0 aromatic carbocycles. The Kier molecular flexibility index (Phi) is 5.61. The number of halogens is 1. The lowest BCUT2D eigenvalue weighted by Crippen LogP contribution is -2.30. The number of carbonyl (C=O) groups is 1. The highest BCUT2D eigenvalue weighted by atomic mass is 79.9. The highest BCUT2D eigenvalue weighted by molar-refractivity contribution is 9.10. The van der Waals surface area contributed by atoms with E-state index < -0.39 is 0 Å². The smallest absolute Gasteiger partial charge is 0.310 e. The van der Waals surface area contributed by atoms with E-state index in [1.165, 1.54) is 0 Å². The molecule has 0 bridgehead atoms. The lowest BCUT2D eigenvalue weighted by atomic mass is 9.98. The highest BCUT2D eigenvalue weighted by Gasteiger charge is 2.29. The van der Waals surface area contributed by atoms with Crippen molar-refractivity contribution >= 4 is 21.9 Å². The average molecular weight is 251 g/mol. The minimum Gasteiger partial charge on any atom is -0.465 e. The number of hydrogen-bond donors (Lipinski definition) is 0. The Bertz CT molecular complexity index is 161. The van der Waals surface area contributed by atoms with Crippen molar-refractivity contribution in [2.75, 3.05) is 6.61 Å². The summed E-state index contributed by atoms with van der Waals surface area (Å²) >= 11 is 3.45. The molecule has 0 aliphatic heterocycles. The van der Waals surface area contributed by atoms with Crippen molar-refractivity contribution in [1.29, 1.82) is 0 Å². The van der Waals surface area contributed by atoms with Gasteiger partial charge in [-0.2, -0.15) is 0 Å². The second-order valence-electron chi connectivity index (χ2n) is 3.81. The van der Waals surface area contributed by atoms with Crippen molar-refractivity contribution in [1.82, 2.24) is 0 Å². The molecule has 0 saturated heterocycles. The van der Waals surface area contributed by atoms with Gasteiger partial charge < -0.3 is 4.74 Å². The van der Waals surface area contributed by atoms with E-state index in [0.29, 0.717) is 6.61 Å². The Hall–Kier alpha value is -0.0500. The molecule has 0 radical (unpaired) electrons. The molecule has 0 aliphatic rings. The fraction of sp³-hybridized carbons (Fsp3) is 0.900. The van der Waals surface area contributed by atoms with Crippen LogP contribution in [0.25, 0.3) is 0 Å². The van der Waals surface area contributed by atoms with E-state index in [1.807, 2.05) is 20.8 Å². The van der Waals surface area contributed by atoms with Crippen LogP contribution in [0.4, 0.5) is 0 Å². The summed E-state index contributed by atoms with van der Waals surface area (Å²) in [5.74, 6) is -0.223. The molecule has 0 heterocycles. The number of carbonyl (C=O) groups excluding carboxylic acids is 1. The summed E-state index contributed by atoms with van der Waals surface area (Å²) in [6.45, 7) is 8.44. The molecule has 0 amide bonds. The summed E-state index contributed by atoms with van der Waals surface area (Å²) in [5.41, 5.74) is 0. The molecule has 0 fully saturated rings. The quantitative estimate of drug-likeness (QED) is 0.426. The van der Waals surface area contributed by atoms with Gasteiger partial charge in [0.2, 0.25) is 0 Å². The fourth-order valence-electron chi connectivity index (χ4n) is 0.722. The first-order valence-electron chi connectivity index (χ1n) is 4.75. The topological polar surface area (TPSA) is 26.3 Å². The van der Waals surface area contributed by atoms with Crippen LogP contribution in [-0.2, 0) is 9.53 Å². The molecule has 1 unspecified atom stereocenters. The van der Waals surface area contributed by atoms with Crippen molar-refractivity contribution in [3.63, 3.8) is 0 Å². The van der Waals surface area contributed by atoms with Gasteiger partial charge in [-0.1, -0.05) is 36.2 Å². The summed E-state index contributed by atoms with van der Waals surface area (Å²) in [6, 6.07) is 0. The molecule has 2 nitrogen and oxygen atoms in total. The first kappa shape index (κ1) is 12.9. The second-order valence-corrected chi connectivity index (χ2v) is 5.85. The normalized spacial score (nSPS) is 13.9. The molecule has 0 rings (SSSR count). The minimum absolute atomic E-state index is 0.107. The van der Waals surface area contributed by atoms with Gasteiger partial charge in [0.05, 0.1) is 12.5 Å². The van der Waals surface area contributed by atoms with E-state index in [0.717, 1.165) is 12.8 Å². The Balaban J connectivity index is 3.84. The average Bonchev–Trinajstić information content (AvgIpc) is 2.01. The van der Waals surface area contributed by atoms with Crippen LogP contribution in [0.1, 0.15) is 40.5 Å². The van der Waals surface area contributed by atoms with E-state index in [1.54, 1.807) is 0 Å². The number of hydrogen-bond acceptors (Lipinski definition) is 2. The molecular weight excluding hydrogens is 232 g/mol. The predicted octanol–water partition coefficient (Wildman–Crippen LogP) is 3.14. The van der Waals surface area contributed by atoms with Crippen molar-refractivity contribution in [3.8, 4) is 0 Å². The van der Waals surface area contributed by atoms with Crippen LogP contribution in [0, 0.1) is 5.92 Å². The highest BCUT2D eigenvalue weighted by Crippen LogP contribution is 2.27. The van der Waals surface area contributed by atoms with Crippen molar-refractivity contribution < 1.29 is 9.53 Å². The van der Waals surface area contributed by atoms with Crippen LogP contribution in [0.3, 0.4) is 0 Å². The van der Waals surface area contributed by atoms with Gasteiger partial charge >= 0.3 is 5.97 Å². The molecule has 1 atom stereocenters. The molecule has 78 valence electrons. The maximum absolute atomic E-state index is 11.4. The Morgan fingerprint density at radius 2 is 2.08 bits per heavy atom. The zero-order valence-electron chi connectivity index (χ0n) is 8.89. The predicted molar refractivity (Wildman–Crippen MR) is 58.0 cm³/mol. The monoisotopic (exact) mass is 250 g/mol. The van der Waals surface area contributed by atoms with E-state index in [2.05, 4.69) is 22.9 Å². The summed E-state index contributed by atoms with van der Waals surface area (Å²) in [4.78, 5) is 11.4. The van der Waals surface area contributed by atoms with Gasteiger partial charge in [0.1, 0.15) is 0 Å². The molecule has 0 N–H and O–H groups in total. The summed E-state index contributed by atoms with van der Waals surface area (Å²) < 4.78 is 4.92. The molecule has 3 heteroatoms. The zero-order valence-corrected chi connectivity index (χ0v) is 10.5. The van der Waals surface area contributed by atoms with E-state index >= 15 is 0 Å². The first-order chi connectivity index (χ1) is 5.89. The maximum atomic E-state index is 11.4. The largest absolute Gasteiger partial charge is 0.465 e. The number of esters is 1. The summed E-state index contributed by atoms with van der Waals surface area (Å²) in [6.07, 6.45) is 2.00. The van der Waals surface area contributed by atoms with Gasteiger partial charge in [-0.25, -0.2) is 0 Å². The van der Waals surface area contributed by atoms with Crippen LogP contribution in [0.15, 0.2) is 0 Å². The molecule has 13 heavy (non-hydrogen) atoms. The number of rotatable bonds is 5. The lowest BCUT2D eigenvalue weighted by Gasteiger charge is -2.23. The van der Waals surface area contributed by atoms with Crippen LogP contribution < -0.4 is 0 Å². The van der Waals surface area contributed by atoms with Crippen molar-refractivity contribution in [3.05, 3.63) is 0 Å². The maximum Gasteiger partial charge on any atom is 0.310 e. The molecule has 0 aromatic heterocycles. The third kappa shape index (κ3) is 5.29. The summed E-state index contributed by atoms with van der Waals surface area (Å²) in [5, 5.41) is 0. The number of alkyl halides is 1. The van der Waals surface area contributed by atoms with Crippen LogP contribution in [0.5, 0.6) is 0 Å². The van der Waals surface area contributed by atoms with Gasteiger partial charge in [0, 0.05) is 4.32 Å². The van der Waals surface area contributed by atoms with Crippen LogP contribution >= 0.6 is 15.9 Å². The van der Waals surface area contributed by atoms with E-state index in [4.69, 9.17) is 4.74 Å². The standard InChI is InChI=1S/C10H19BrO2/c1-5-6-7-13-9(12)8(2)10(3,4)11/h8H,5-7H2,1-4H3. The van der Waals surface area contributed by atoms with Gasteiger partial charge in [-0.3, -0.25) is 4.79 Å². The summed E-state index contributed by atoms with van der Waals surface area (Å²) in [7, 11) is 0. The van der Waals surface area contributed by atoms with Gasteiger partial charge in [-0.15, -0.1) is 0 Å². The Morgan fingerprint density at radius 1 is 1.54 bits per heavy atom. The van der Waals surface area contributed by atoms with Crippen molar-refractivity contribution in [2.45, 2.75) is 44.9 Å². The van der Waals surface area contributed by atoms with Gasteiger partial charge in [0.25, 0.3) is 0 Å². The van der Waals surface area contributed by atoms with E-state index in [-0.39, 0.29) is 16.2 Å². The Labute approximate surface area is 89.2 Å². The molecule has 0 aliphatic carbocycles. The van der Waals surface area contributed by atoms with Gasteiger partial charge in [0.15, 0.2) is 0 Å². The SMILES string of the molecule is CCCCOC(=O)C(C)C(C)(C)Br. The molecule has 0 saturated carbocycles. The molecule has 0 aromatic rings.